The van der Waals surface area contributed by atoms with Gasteiger partial charge in [0.1, 0.15) is 6.54 Å². The van der Waals surface area contributed by atoms with E-state index in [0.717, 1.165) is 16.9 Å². The number of carboxylic acid groups (broad SMARTS) is 1. The van der Waals surface area contributed by atoms with Gasteiger partial charge in [-0.1, -0.05) is 0 Å². The van der Waals surface area contributed by atoms with Crippen LogP contribution in [-0.4, -0.2) is 50.1 Å². The van der Waals surface area contributed by atoms with Gasteiger partial charge in [-0.05, 0) is 23.8 Å². The molecule has 7 nitrogen and oxygen atoms in total. The van der Waals surface area contributed by atoms with E-state index in [1.54, 1.807) is 6.07 Å². The third kappa shape index (κ3) is 3.36. The maximum Gasteiger partial charge on any atom is 0.305 e. The Kier molecular flexibility index (Phi) is 4.65. The molecule has 0 bridgehead atoms. The van der Waals surface area contributed by atoms with Crippen molar-refractivity contribution in [2.45, 2.75) is 12.8 Å². The number of rotatable bonds is 6. The molecule has 22 heavy (non-hydrogen) atoms. The van der Waals surface area contributed by atoms with Crippen molar-refractivity contribution < 1.29 is 19.5 Å². The van der Waals surface area contributed by atoms with Crippen molar-refractivity contribution in [3.8, 4) is 0 Å². The second kappa shape index (κ2) is 6.46. The summed E-state index contributed by atoms with van der Waals surface area (Å²) in [7, 11) is 3.34. The third-order valence-corrected chi connectivity index (χ3v) is 3.68. The molecule has 1 aromatic rings. The summed E-state index contributed by atoms with van der Waals surface area (Å²) >= 11 is 0. The highest BCUT2D eigenvalue weighted by atomic mass is 16.4. The first-order chi connectivity index (χ1) is 10.4. The van der Waals surface area contributed by atoms with Gasteiger partial charge in [-0.2, -0.15) is 0 Å². The first kappa shape index (κ1) is 15.8. The number of likely N-dealkylation sites (N-methyl/N-ethyl adjacent to an activating group) is 1. The molecule has 2 N–H and O–H groups in total. The largest absolute Gasteiger partial charge is 0.481 e. The number of hydrogen-bond acceptors (Lipinski definition) is 4. The summed E-state index contributed by atoms with van der Waals surface area (Å²) in [6, 6.07) is 5.50. The van der Waals surface area contributed by atoms with Crippen molar-refractivity contribution in [1.82, 2.24) is 5.32 Å². The average molecular weight is 305 g/mol. The predicted molar refractivity (Wildman–Crippen MR) is 82.1 cm³/mol. The lowest BCUT2D eigenvalue weighted by Gasteiger charge is -2.20. The van der Waals surface area contributed by atoms with Crippen molar-refractivity contribution >= 4 is 29.2 Å². The number of hydrogen-bond donors (Lipinski definition) is 2. The second-order valence-electron chi connectivity index (χ2n) is 5.21. The second-order valence-corrected chi connectivity index (χ2v) is 5.21. The zero-order valence-corrected chi connectivity index (χ0v) is 12.6. The highest BCUT2D eigenvalue weighted by Crippen LogP contribution is 2.32. The first-order valence-corrected chi connectivity index (χ1v) is 6.99. The number of carboxylic acids is 1. The Bertz CT molecular complexity index is 615. The fraction of sp³-hybridized carbons (Fsp3) is 0.400. The molecular weight excluding hydrogens is 286 g/mol. The minimum Gasteiger partial charge on any atom is -0.481 e. The summed E-state index contributed by atoms with van der Waals surface area (Å²) in [6.07, 6.45) is 0.308. The molecule has 2 rings (SSSR count). The molecule has 0 saturated heterocycles. The summed E-state index contributed by atoms with van der Waals surface area (Å²) in [4.78, 5) is 37.4. The molecule has 0 atom stereocenters. The Balaban J connectivity index is 2.16. The van der Waals surface area contributed by atoms with Gasteiger partial charge in [0.15, 0.2) is 0 Å². The zero-order chi connectivity index (χ0) is 16.3. The fourth-order valence-corrected chi connectivity index (χ4v) is 2.40. The van der Waals surface area contributed by atoms with Crippen LogP contribution in [0.3, 0.4) is 0 Å². The van der Waals surface area contributed by atoms with Crippen molar-refractivity contribution in [2.75, 3.05) is 37.0 Å². The molecule has 0 fully saturated rings. The topological polar surface area (TPSA) is 90.0 Å². The summed E-state index contributed by atoms with van der Waals surface area (Å²) in [5.74, 6) is -1.17. The Labute approximate surface area is 128 Å². The summed E-state index contributed by atoms with van der Waals surface area (Å²) in [5.41, 5.74) is 2.45. The number of carbonyl (C=O) groups is 3. The number of carbonyl (C=O) groups excluding carboxylic acids is 2. The smallest absolute Gasteiger partial charge is 0.305 e. The van der Waals surface area contributed by atoms with Gasteiger partial charge in [0.25, 0.3) is 0 Å². The summed E-state index contributed by atoms with van der Waals surface area (Å²) in [5, 5.41) is 11.2. The number of anilines is 2. The van der Waals surface area contributed by atoms with Gasteiger partial charge >= 0.3 is 5.97 Å². The van der Waals surface area contributed by atoms with Crippen LogP contribution >= 0.6 is 0 Å². The lowest BCUT2D eigenvalue weighted by Crippen LogP contribution is -2.37. The van der Waals surface area contributed by atoms with Crippen molar-refractivity contribution in [3.05, 3.63) is 23.8 Å². The van der Waals surface area contributed by atoms with Crippen LogP contribution in [0.1, 0.15) is 12.0 Å². The van der Waals surface area contributed by atoms with Crippen LogP contribution in [0.25, 0.3) is 0 Å². The Morgan fingerprint density at radius 2 is 2.14 bits per heavy atom. The third-order valence-electron chi connectivity index (χ3n) is 3.68. The van der Waals surface area contributed by atoms with E-state index in [9.17, 15) is 14.4 Å². The number of aliphatic carboxylic acids is 1. The molecule has 0 radical (unpaired) electrons. The SMILES string of the molecule is CNC(=O)CN1C(=O)Cc2cc(N(C)CCC(=O)O)ccc21. The molecule has 118 valence electrons. The first-order valence-electron chi connectivity index (χ1n) is 6.99. The maximum absolute atomic E-state index is 12.0. The molecule has 1 aliphatic heterocycles. The molecule has 0 spiro atoms. The van der Waals surface area contributed by atoms with Crippen LogP contribution in [0.5, 0.6) is 0 Å². The molecule has 2 amide bonds. The maximum atomic E-state index is 12.0. The summed E-state index contributed by atoms with van der Waals surface area (Å²) < 4.78 is 0. The molecule has 1 aliphatic rings. The van der Waals surface area contributed by atoms with Gasteiger partial charge in [0, 0.05) is 32.0 Å². The van der Waals surface area contributed by atoms with Crippen LogP contribution in [-0.2, 0) is 20.8 Å². The highest BCUT2D eigenvalue weighted by Gasteiger charge is 2.29. The van der Waals surface area contributed by atoms with Gasteiger partial charge in [-0.25, -0.2) is 0 Å². The number of benzene rings is 1. The van der Waals surface area contributed by atoms with E-state index in [0.29, 0.717) is 6.54 Å². The van der Waals surface area contributed by atoms with E-state index < -0.39 is 5.97 Å². The minimum absolute atomic E-state index is 0.0104. The lowest BCUT2D eigenvalue weighted by atomic mass is 10.1. The quantitative estimate of drug-likeness (QED) is 0.785. The molecule has 0 aromatic heterocycles. The van der Waals surface area contributed by atoms with E-state index >= 15 is 0 Å². The van der Waals surface area contributed by atoms with E-state index in [1.165, 1.54) is 11.9 Å². The van der Waals surface area contributed by atoms with E-state index in [2.05, 4.69) is 5.32 Å². The van der Waals surface area contributed by atoms with Gasteiger partial charge in [0.05, 0.1) is 12.8 Å². The van der Waals surface area contributed by atoms with Gasteiger partial charge in [-0.15, -0.1) is 0 Å². The number of nitrogens with one attached hydrogen (secondary N) is 1. The van der Waals surface area contributed by atoms with E-state index in [1.807, 2.05) is 24.1 Å². The molecule has 1 aromatic carbocycles. The summed E-state index contributed by atoms with van der Waals surface area (Å²) in [6.45, 7) is 0.403. The average Bonchev–Trinajstić information content (AvgIpc) is 2.79. The minimum atomic E-state index is -0.847. The van der Waals surface area contributed by atoms with E-state index in [-0.39, 0.29) is 31.2 Å². The van der Waals surface area contributed by atoms with E-state index in [4.69, 9.17) is 5.11 Å². The zero-order valence-electron chi connectivity index (χ0n) is 12.6. The molecule has 7 heteroatoms. The molecule has 1 heterocycles. The monoisotopic (exact) mass is 305 g/mol. The number of fused-ring (bicyclic) bond motifs is 1. The number of nitrogens with zero attached hydrogens (tertiary/aromatic N) is 2. The molecule has 0 aliphatic carbocycles. The molecular formula is C15H19N3O4. The van der Waals surface area contributed by atoms with Crippen molar-refractivity contribution in [3.63, 3.8) is 0 Å². The number of amides is 2. The van der Waals surface area contributed by atoms with Crippen LogP contribution in [0.15, 0.2) is 18.2 Å². The fourth-order valence-electron chi connectivity index (χ4n) is 2.40. The van der Waals surface area contributed by atoms with Gasteiger partial charge < -0.3 is 20.2 Å². The Morgan fingerprint density at radius 3 is 2.77 bits per heavy atom. The predicted octanol–water partition coefficient (Wildman–Crippen LogP) is 0.233. The molecule has 0 saturated carbocycles. The van der Waals surface area contributed by atoms with Crippen molar-refractivity contribution in [2.24, 2.45) is 0 Å². The van der Waals surface area contributed by atoms with Gasteiger partial charge in [0.2, 0.25) is 11.8 Å². The van der Waals surface area contributed by atoms with Crippen molar-refractivity contribution in [1.29, 1.82) is 0 Å². The van der Waals surface area contributed by atoms with Crippen LogP contribution in [0, 0.1) is 0 Å². The Morgan fingerprint density at radius 1 is 1.41 bits per heavy atom. The normalized spacial score (nSPS) is 13.0. The standard InChI is InChI=1S/C15H19N3O4/c1-16-13(19)9-18-12-4-3-11(7-10(12)8-14(18)20)17(2)6-5-15(21)22/h3-4,7H,5-6,8-9H2,1-2H3,(H,16,19)(H,21,22). The van der Waals surface area contributed by atoms with Crippen LogP contribution in [0.2, 0.25) is 0 Å². The van der Waals surface area contributed by atoms with Gasteiger partial charge in [-0.3, -0.25) is 14.4 Å². The van der Waals surface area contributed by atoms with Crippen LogP contribution < -0.4 is 15.1 Å². The lowest BCUT2D eigenvalue weighted by molar-refractivity contribution is -0.136. The van der Waals surface area contributed by atoms with Crippen LogP contribution in [0.4, 0.5) is 11.4 Å². The molecule has 0 unspecified atom stereocenters. The highest BCUT2D eigenvalue weighted by molar-refractivity contribution is 6.05. The Hall–Kier alpha value is -2.57.